The van der Waals surface area contributed by atoms with Crippen LogP contribution >= 0.6 is 11.3 Å². The number of aryl methyl sites for hydroxylation is 1. The van der Waals surface area contributed by atoms with E-state index < -0.39 is 0 Å². The summed E-state index contributed by atoms with van der Waals surface area (Å²) in [7, 11) is 0. The molecule has 2 aromatic heterocycles. The van der Waals surface area contributed by atoms with Crippen molar-refractivity contribution in [3.63, 3.8) is 0 Å². The average Bonchev–Trinajstić information content (AvgIpc) is 2.86. The van der Waals surface area contributed by atoms with Crippen LogP contribution in [0, 0.1) is 6.92 Å². The Balaban J connectivity index is 2.12. The van der Waals surface area contributed by atoms with E-state index in [1.807, 2.05) is 0 Å². The molecule has 20 heavy (non-hydrogen) atoms. The number of morpholine rings is 1. The molecule has 1 unspecified atom stereocenters. The van der Waals surface area contributed by atoms with Crippen LogP contribution in [0.3, 0.4) is 0 Å². The van der Waals surface area contributed by atoms with E-state index in [1.54, 1.807) is 11.3 Å². The number of anilines is 2. The first-order chi connectivity index (χ1) is 9.72. The fraction of sp³-hybridized carbons (Fsp3) is 0.538. The molecule has 3 heterocycles. The van der Waals surface area contributed by atoms with Crippen LogP contribution in [0.1, 0.15) is 18.2 Å². The largest absolute Gasteiger partial charge is 0.377 e. The number of hydrogen-bond acceptors (Lipinski definition) is 7. The number of ether oxygens (including phenoxy) is 1. The molecule has 0 amide bonds. The lowest BCUT2D eigenvalue weighted by Crippen LogP contribution is -2.45. The Hall–Kier alpha value is -1.44. The number of hydrogen-bond donors (Lipinski definition) is 2. The zero-order chi connectivity index (χ0) is 14.1. The molecule has 1 atom stereocenters. The van der Waals surface area contributed by atoms with Gasteiger partial charge in [-0.05, 0) is 19.4 Å². The third-order valence-corrected chi connectivity index (χ3v) is 4.54. The van der Waals surface area contributed by atoms with Gasteiger partial charge in [-0.15, -0.1) is 11.3 Å². The lowest BCUT2D eigenvalue weighted by Gasteiger charge is -2.36. The van der Waals surface area contributed by atoms with Crippen molar-refractivity contribution < 1.29 is 4.74 Å². The van der Waals surface area contributed by atoms with Gasteiger partial charge < -0.3 is 9.64 Å². The average molecular weight is 293 g/mol. The molecule has 1 fully saturated rings. The van der Waals surface area contributed by atoms with Crippen molar-refractivity contribution >= 4 is 33.3 Å². The minimum absolute atomic E-state index is 0.354. The summed E-state index contributed by atoms with van der Waals surface area (Å²) in [5, 5.41) is 1.10. The standard InChI is InChI=1S/C13H19N5OS/c1-3-9-7-19-5-4-18(9)11-10-6-8(2)20-12(10)16-13(15-11)17-14/h6,9H,3-5,7,14H2,1-2H3,(H,15,16,17). The number of thiophene rings is 1. The molecular weight excluding hydrogens is 274 g/mol. The van der Waals surface area contributed by atoms with Crippen molar-refractivity contribution in [2.24, 2.45) is 5.84 Å². The van der Waals surface area contributed by atoms with E-state index in [4.69, 9.17) is 10.6 Å². The highest BCUT2D eigenvalue weighted by Crippen LogP contribution is 2.33. The van der Waals surface area contributed by atoms with Crippen molar-refractivity contribution in [3.8, 4) is 0 Å². The van der Waals surface area contributed by atoms with Gasteiger partial charge >= 0.3 is 0 Å². The summed E-state index contributed by atoms with van der Waals surface area (Å²) in [5.41, 5.74) is 2.57. The van der Waals surface area contributed by atoms with E-state index in [0.717, 1.165) is 42.2 Å². The number of aromatic nitrogens is 2. The molecule has 6 nitrogen and oxygen atoms in total. The maximum Gasteiger partial charge on any atom is 0.240 e. The maximum atomic E-state index is 5.58. The first kappa shape index (κ1) is 13.5. The summed E-state index contributed by atoms with van der Waals surface area (Å²) in [6, 6.07) is 2.50. The topological polar surface area (TPSA) is 76.3 Å². The molecule has 0 bridgehead atoms. The Bertz CT molecular complexity index is 614. The van der Waals surface area contributed by atoms with Crippen LogP contribution in [0.4, 0.5) is 11.8 Å². The molecule has 3 rings (SSSR count). The second-order valence-electron chi connectivity index (χ2n) is 4.92. The highest BCUT2D eigenvalue weighted by atomic mass is 32.1. The van der Waals surface area contributed by atoms with Gasteiger partial charge in [-0.1, -0.05) is 6.92 Å². The van der Waals surface area contributed by atoms with E-state index in [1.165, 1.54) is 4.88 Å². The van der Waals surface area contributed by atoms with Gasteiger partial charge in [0.15, 0.2) is 0 Å². The fourth-order valence-electron chi connectivity index (χ4n) is 2.58. The molecule has 108 valence electrons. The molecule has 0 aliphatic carbocycles. The summed E-state index contributed by atoms with van der Waals surface area (Å²) in [6.07, 6.45) is 1.03. The fourth-order valence-corrected chi connectivity index (χ4v) is 3.46. The number of nitrogens with two attached hydrogens (primary N) is 1. The minimum Gasteiger partial charge on any atom is -0.377 e. The van der Waals surface area contributed by atoms with Gasteiger partial charge in [-0.2, -0.15) is 4.98 Å². The van der Waals surface area contributed by atoms with Crippen molar-refractivity contribution in [3.05, 3.63) is 10.9 Å². The van der Waals surface area contributed by atoms with Gasteiger partial charge in [-0.25, -0.2) is 10.8 Å². The molecule has 0 radical (unpaired) electrons. The van der Waals surface area contributed by atoms with E-state index >= 15 is 0 Å². The summed E-state index contributed by atoms with van der Waals surface area (Å²) in [6.45, 7) is 6.59. The quantitative estimate of drug-likeness (QED) is 0.665. The first-order valence-electron chi connectivity index (χ1n) is 6.82. The van der Waals surface area contributed by atoms with Gasteiger partial charge in [0.2, 0.25) is 5.95 Å². The first-order valence-corrected chi connectivity index (χ1v) is 7.63. The highest BCUT2D eigenvalue weighted by molar-refractivity contribution is 7.18. The van der Waals surface area contributed by atoms with E-state index in [0.29, 0.717) is 12.0 Å². The lowest BCUT2D eigenvalue weighted by atomic mass is 10.1. The van der Waals surface area contributed by atoms with Crippen LogP contribution in [-0.4, -0.2) is 35.8 Å². The summed E-state index contributed by atoms with van der Waals surface area (Å²) >= 11 is 1.66. The Morgan fingerprint density at radius 3 is 3.15 bits per heavy atom. The number of hydrazine groups is 1. The third kappa shape index (κ3) is 2.32. The van der Waals surface area contributed by atoms with Gasteiger partial charge in [-0.3, -0.25) is 5.43 Å². The molecule has 0 spiro atoms. The minimum atomic E-state index is 0.354. The Kier molecular flexibility index (Phi) is 3.73. The van der Waals surface area contributed by atoms with Gasteiger partial charge in [0, 0.05) is 11.4 Å². The summed E-state index contributed by atoms with van der Waals surface area (Å²) in [5.74, 6) is 6.93. The van der Waals surface area contributed by atoms with Crippen molar-refractivity contribution in [2.45, 2.75) is 26.3 Å². The zero-order valence-electron chi connectivity index (χ0n) is 11.7. The van der Waals surface area contributed by atoms with Crippen molar-refractivity contribution in [1.82, 2.24) is 9.97 Å². The molecule has 1 aliphatic rings. The van der Waals surface area contributed by atoms with E-state index in [9.17, 15) is 0 Å². The molecule has 2 aromatic rings. The predicted octanol–water partition coefficient (Wildman–Crippen LogP) is 1.90. The molecule has 7 heteroatoms. The van der Waals surface area contributed by atoms with Gasteiger partial charge in [0.1, 0.15) is 10.6 Å². The highest BCUT2D eigenvalue weighted by Gasteiger charge is 2.25. The van der Waals surface area contributed by atoms with Crippen LogP contribution in [0.2, 0.25) is 0 Å². The molecule has 3 N–H and O–H groups in total. The second-order valence-corrected chi connectivity index (χ2v) is 6.16. The number of fused-ring (bicyclic) bond motifs is 1. The van der Waals surface area contributed by atoms with Crippen LogP contribution in [0.5, 0.6) is 0 Å². The lowest BCUT2D eigenvalue weighted by molar-refractivity contribution is 0.0927. The second kappa shape index (κ2) is 5.51. The number of nitrogens with zero attached hydrogens (tertiary/aromatic N) is 3. The van der Waals surface area contributed by atoms with Crippen molar-refractivity contribution in [2.75, 3.05) is 30.1 Å². The van der Waals surface area contributed by atoms with Gasteiger partial charge in [0.25, 0.3) is 0 Å². The van der Waals surface area contributed by atoms with Crippen LogP contribution in [0.15, 0.2) is 6.07 Å². The number of rotatable bonds is 3. The van der Waals surface area contributed by atoms with E-state index in [2.05, 4.69) is 40.2 Å². The maximum absolute atomic E-state index is 5.58. The Morgan fingerprint density at radius 1 is 1.55 bits per heavy atom. The monoisotopic (exact) mass is 293 g/mol. The summed E-state index contributed by atoms with van der Waals surface area (Å²) in [4.78, 5) is 13.5. The molecule has 1 aliphatic heterocycles. The molecule has 0 saturated carbocycles. The normalized spacial score (nSPS) is 19.6. The molecular formula is C13H19N5OS. The van der Waals surface area contributed by atoms with Crippen LogP contribution in [0.25, 0.3) is 10.2 Å². The SMILES string of the molecule is CCC1COCCN1c1nc(NN)nc2sc(C)cc12. The van der Waals surface area contributed by atoms with Gasteiger partial charge in [0.05, 0.1) is 24.6 Å². The Morgan fingerprint density at radius 2 is 2.40 bits per heavy atom. The summed E-state index contributed by atoms with van der Waals surface area (Å²) < 4.78 is 5.58. The van der Waals surface area contributed by atoms with E-state index in [-0.39, 0.29) is 0 Å². The zero-order valence-corrected chi connectivity index (χ0v) is 12.5. The molecule has 1 saturated heterocycles. The van der Waals surface area contributed by atoms with Crippen LogP contribution in [-0.2, 0) is 4.74 Å². The number of nitrogens with one attached hydrogen (secondary N) is 1. The molecule has 0 aromatic carbocycles. The van der Waals surface area contributed by atoms with Crippen LogP contribution < -0.4 is 16.2 Å². The number of nitrogen functional groups attached to an aromatic ring is 1. The third-order valence-electron chi connectivity index (χ3n) is 3.60. The Labute approximate surface area is 121 Å². The predicted molar refractivity (Wildman–Crippen MR) is 82.2 cm³/mol. The smallest absolute Gasteiger partial charge is 0.240 e. The van der Waals surface area contributed by atoms with Crippen molar-refractivity contribution in [1.29, 1.82) is 0 Å².